The summed E-state index contributed by atoms with van der Waals surface area (Å²) < 4.78 is 5.32. The highest BCUT2D eigenvalue weighted by molar-refractivity contribution is 14.0. The Morgan fingerprint density at radius 3 is 2.70 bits per heavy atom. The number of nitrogens with one attached hydrogen (secondary N) is 2. The molecular formula is C15H32IN3O. The minimum atomic E-state index is 0. The van der Waals surface area contributed by atoms with Crippen LogP contribution in [0.3, 0.4) is 0 Å². The summed E-state index contributed by atoms with van der Waals surface area (Å²) in [5.41, 5.74) is 0. The molecule has 2 atom stereocenters. The maximum absolute atomic E-state index is 5.32. The molecule has 0 aromatic rings. The number of unbranched alkanes of at least 4 members (excludes halogenated alkanes) is 1. The average Bonchev–Trinajstić information content (AvgIpc) is 3.12. The second-order valence-corrected chi connectivity index (χ2v) is 5.20. The van der Waals surface area contributed by atoms with Gasteiger partial charge in [-0.25, -0.2) is 0 Å². The van der Waals surface area contributed by atoms with Gasteiger partial charge < -0.3 is 15.4 Å². The number of nitrogens with zero attached hydrogens (tertiary/aromatic N) is 1. The fraction of sp³-hybridized carbons (Fsp3) is 0.933. The lowest BCUT2D eigenvalue weighted by molar-refractivity contribution is 0.144. The Balaban J connectivity index is 0.00000361. The molecule has 0 aromatic carbocycles. The third kappa shape index (κ3) is 9.00. The second-order valence-electron chi connectivity index (χ2n) is 5.20. The summed E-state index contributed by atoms with van der Waals surface area (Å²) in [5.74, 6) is 1.86. The van der Waals surface area contributed by atoms with Crippen LogP contribution in [0.25, 0.3) is 0 Å². The molecule has 1 rings (SSSR count). The molecule has 0 aromatic heterocycles. The summed E-state index contributed by atoms with van der Waals surface area (Å²) in [4.78, 5) is 4.62. The smallest absolute Gasteiger partial charge is 0.191 e. The van der Waals surface area contributed by atoms with Crippen molar-refractivity contribution in [2.75, 3.05) is 26.3 Å². The summed E-state index contributed by atoms with van der Waals surface area (Å²) in [6.45, 7) is 9.89. The van der Waals surface area contributed by atoms with Gasteiger partial charge in [-0.1, -0.05) is 13.3 Å². The van der Waals surface area contributed by atoms with Crippen molar-refractivity contribution in [1.29, 1.82) is 0 Å². The van der Waals surface area contributed by atoms with Gasteiger partial charge in [0.1, 0.15) is 0 Å². The first-order valence-electron chi connectivity index (χ1n) is 7.94. The Kier molecular flexibility index (Phi) is 12.7. The van der Waals surface area contributed by atoms with E-state index in [0.717, 1.165) is 51.0 Å². The number of ether oxygens (including phenoxy) is 1. The number of halogens is 1. The quantitative estimate of drug-likeness (QED) is 0.258. The average molecular weight is 397 g/mol. The minimum absolute atomic E-state index is 0. The van der Waals surface area contributed by atoms with E-state index >= 15 is 0 Å². The molecule has 1 aliphatic carbocycles. The molecule has 2 unspecified atom stereocenters. The SMILES string of the molecule is CCCC1CC1NC(=NCCCCOCC)NCC.I. The molecule has 0 amide bonds. The zero-order valence-electron chi connectivity index (χ0n) is 13.3. The third-order valence-corrected chi connectivity index (χ3v) is 3.42. The fourth-order valence-corrected chi connectivity index (χ4v) is 2.26. The van der Waals surface area contributed by atoms with E-state index in [-0.39, 0.29) is 24.0 Å². The van der Waals surface area contributed by atoms with Crippen LogP contribution in [-0.2, 0) is 4.74 Å². The summed E-state index contributed by atoms with van der Waals surface area (Å²) in [7, 11) is 0. The largest absolute Gasteiger partial charge is 0.382 e. The van der Waals surface area contributed by atoms with E-state index in [2.05, 4.69) is 29.5 Å². The Labute approximate surface area is 141 Å². The molecule has 20 heavy (non-hydrogen) atoms. The van der Waals surface area contributed by atoms with Gasteiger partial charge in [-0.05, 0) is 45.4 Å². The molecule has 0 spiro atoms. The van der Waals surface area contributed by atoms with Gasteiger partial charge in [-0.3, -0.25) is 4.99 Å². The maximum atomic E-state index is 5.32. The third-order valence-electron chi connectivity index (χ3n) is 3.42. The molecule has 120 valence electrons. The van der Waals surface area contributed by atoms with E-state index in [0.29, 0.717) is 6.04 Å². The van der Waals surface area contributed by atoms with E-state index in [1.165, 1.54) is 19.3 Å². The van der Waals surface area contributed by atoms with Crippen molar-refractivity contribution < 1.29 is 4.74 Å². The van der Waals surface area contributed by atoms with Crippen molar-refractivity contribution in [3.63, 3.8) is 0 Å². The van der Waals surface area contributed by atoms with Gasteiger partial charge in [0, 0.05) is 32.3 Å². The van der Waals surface area contributed by atoms with Crippen LogP contribution in [0.5, 0.6) is 0 Å². The Hall–Kier alpha value is -0.0400. The number of guanidine groups is 1. The fourth-order valence-electron chi connectivity index (χ4n) is 2.26. The van der Waals surface area contributed by atoms with Crippen molar-refractivity contribution >= 4 is 29.9 Å². The highest BCUT2D eigenvalue weighted by Gasteiger charge is 2.36. The van der Waals surface area contributed by atoms with Crippen LogP contribution in [-0.4, -0.2) is 38.3 Å². The standard InChI is InChI=1S/C15H31N3O.HI/c1-4-9-13-12-14(13)18-15(16-5-2)17-10-7-8-11-19-6-3;/h13-14H,4-12H2,1-3H3,(H2,16,17,18);1H. The van der Waals surface area contributed by atoms with Crippen molar-refractivity contribution in [2.45, 2.75) is 58.9 Å². The summed E-state index contributed by atoms with van der Waals surface area (Å²) in [6, 6.07) is 0.654. The van der Waals surface area contributed by atoms with E-state index in [4.69, 9.17) is 4.74 Å². The number of aliphatic imine (C=N–C) groups is 1. The summed E-state index contributed by atoms with van der Waals surface area (Å²) >= 11 is 0. The van der Waals surface area contributed by atoms with Crippen molar-refractivity contribution in [3.05, 3.63) is 0 Å². The van der Waals surface area contributed by atoms with Gasteiger partial charge in [-0.15, -0.1) is 24.0 Å². The summed E-state index contributed by atoms with van der Waals surface area (Å²) in [6.07, 6.45) is 6.13. The van der Waals surface area contributed by atoms with Crippen molar-refractivity contribution in [1.82, 2.24) is 10.6 Å². The van der Waals surface area contributed by atoms with Gasteiger partial charge in [-0.2, -0.15) is 0 Å². The molecule has 2 N–H and O–H groups in total. The molecule has 1 saturated carbocycles. The van der Waals surface area contributed by atoms with Gasteiger partial charge in [0.05, 0.1) is 0 Å². The van der Waals surface area contributed by atoms with E-state index in [1.807, 2.05) is 6.92 Å². The second kappa shape index (κ2) is 12.7. The van der Waals surface area contributed by atoms with Crippen LogP contribution in [0, 0.1) is 5.92 Å². The highest BCUT2D eigenvalue weighted by atomic mass is 127. The molecule has 0 radical (unpaired) electrons. The number of hydrogen-bond acceptors (Lipinski definition) is 2. The van der Waals surface area contributed by atoms with Crippen LogP contribution in [0.4, 0.5) is 0 Å². The topological polar surface area (TPSA) is 45.7 Å². The lowest BCUT2D eigenvalue weighted by Gasteiger charge is -2.11. The Morgan fingerprint density at radius 2 is 2.05 bits per heavy atom. The van der Waals surface area contributed by atoms with Gasteiger partial charge >= 0.3 is 0 Å². The molecule has 0 aliphatic heterocycles. The predicted molar refractivity (Wildman–Crippen MR) is 97.1 cm³/mol. The predicted octanol–water partition coefficient (Wildman–Crippen LogP) is 3.16. The first-order chi connectivity index (χ1) is 9.31. The van der Waals surface area contributed by atoms with Crippen LogP contribution < -0.4 is 10.6 Å². The molecule has 1 fully saturated rings. The molecular weight excluding hydrogens is 365 g/mol. The van der Waals surface area contributed by atoms with E-state index < -0.39 is 0 Å². The van der Waals surface area contributed by atoms with Crippen LogP contribution in [0.1, 0.15) is 52.9 Å². The zero-order valence-corrected chi connectivity index (χ0v) is 15.6. The lowest BCUT2D eigenvalue weighted by atomic mass is 10.2. The van der Waals surface area contributed by atoms with Gasteiger partial charge in [0.15, 0.2) is 5.96 Å². The van der Waals surface area contributed by atoms with E-state index in [9.17, 15) is 0 Å². The molecule has 4 nitrogen and oxygen atoms in total. The summed E-state index contributed by atoms with van der Waals surface area (Å²) in [5, 5.41) is 6.86. The van der Waals surface area contributed by atoms with E-state index in [1.54, 1.807) is 0 Å². The lowest BCUT2D eigenvalue weighted by Crippen LogP contribution is -2.39. The molecule has 5 heteroatoms. The van der Waals surface area contributed by atoms with Crippen LogP contribution >= 0.6 is 24.0 Å². The Bertz CT molecular complexity index is 262. The molecule has 0 heterocycles. The van der Waals surface area contributed by atoms with Crippen molar-refractivity contribution in [2.24, 2.45) is 10.9 Å². The van der Waals surface area contributed by atoms with Crippen molar-refractivity contribution in [3.8, 4) is 0 Å². The molecule has 1 aliphatic rings. The number of hydrogen-bond donors (Lipinski definition) is 2. The van der Waals surface area contributed by atoms with Gasteiger partial charge in [0.25, 0.3) is 0 Å². The van der Waals surface area contributed by atoms with Crippen LogP contribution in [0.15, 0.2) is 4.99 Å². The first kappa shape index (κ1) is 20.0. The highest BCUT2D eigenvalue weighted by Crippen LogP contribution is 2.34. The minimum Gasteiger partial charge on any atom is -0.382 e. The Morgan fingerprint density at radius 1 is 1.25 bits per heavy atom. The number of rotatable bonds is 10. The maximum Gasteiger partial charge on any atom is 0.191 e. The molecule has 0 saturated heterocycles. The van der Waals surface area contributed by atoms with Gasteiger partial charge in [0.2, 0.25) is 0 Å². The first-order valence-corrected chi connectivity index (χ1v) is 7.94. The van der Waals surface area contributed by atoms with Crippen LogP contribution in [0.2, 0.25) is 0 Å². The normalized spacial score (nSPS) is 21.2. The monoisotopic (exact) mass is 397 g/mol. The molecule has 0 bridgehead atoms. The zero-order chi connectivity index (χ0) is 13.9.